The molecule has 0 aromatic rings. The Labute approximate surface area is 98.5 Å². The van der Waals surface area contributed by atoms with E-state index in [4.69, 9.17) is 15.3 Å². The Balaban J connectivity index is 4.44. The van der Waals surface area contributed by atoms with Gasteiger partial charge < -0.3 is 20.6 Å². The van der Waals surface area contributed by atoms with E-state index in [2.05, 4.69) is 39.2 Å². The number of rotatable bonds is 4. The minimum atomic E-state index is -1.94. The van der Waals surface area contributed by atoms with Crippen molar-refractivity contribution in [1.29, 1.82) is 0 Å². The van der Waals surface area contributed by atoms with E-state index in [9.17, 15) is 4.79 Å². The highest BCUT2D eigenvalue weighted by molar-refractivity contribution is 6.74. The van der Waals surface area contributed by atoms with Gasteiger partial charge in [0, 0.05) is 0 Å². The largest absolute Gasteiger partial charge is 0.465 e. The molecule has 6 heteroatoms. The summed E-state index contributed by atoms with van der Waals surface area (Å²) in [4.78, 5) is 10.5. The number of nitrogens with two attached hydrogens (primary N) is 1. The molecule has 0 radical (unpaired) electrons. The molecule has 1 amide bonds. The lowest BCUT2D eigenvalue weighted by Crippen LogP contribution is -2.54. The van der Waals surface area contributed by atoms with Crippen LogP contribution in [0.3, 0.4) is 0 Å². The van der Waals surface area contributed by atoms with Gasteiger partial charge in [-0.1, -0.05) is 20.8 Å². The third kappa shape index (κ3) is 4.50. The number of hydrogen-bond acceptors (Lipinski definition) is 3. The van der Waals surface area contributed by atoms with Gasteiger partial charge in [0.05, 0.1) is 6.04 Å². The molecule has 0 aliphatic heterocycles. The van der Waals surface area contributed by atoms with Crippen molar-refractivity contribution >= 4 is 14.4 Å². The zero-order valence-electron chi connectivity index (χ0n) is 11.0. The smallest absolute Gasteiger partial charge is 0.405 e. The quantitative estimate of drug-likeness (QED) is 0.524. The van der Waals surface area contributed by atoms with Crippen LogP contribution in [0.4, 0.5) is 4.79 Å². The maximum absolute atomic E-state index is 10.5. The van der Waals surface area contributed by atoms with Gasteiger partial charge >= 0.3 is 6.09 Å². The standard InChI is InChI=1S/C10H24N2O3Si/c1-7(12-9(13)14)8(11)15-16(5,6)10(2,3)4/h7-8,12H,11H2,1-6H3,(H,13,14). The molecule has 5 nitrogen and oxygen atoms in total. The highest BCUT2D eigenvalue weighted by atomic mass is 28.4. The van der Waals surface area contributed by atoms with Crippen LogP contribution < -0.4 is 11.1 Å². The molecular weight excluding hydrogens is 224 g/mol. The first-order valence-electron chi connectivity index (χ1n) is 5.40. The fraction of sp³-hybridized carbons (Fsp3) is 0.900. The highest BCUT2D eigenvalue weighted by Crippen LogP contribution is 2.37. The second-order valence-electron chi connectivity index (χ2n) is 5.58. The summed E-state index contributed by atoms with van der Waals surface area (Å²) in [6.45, 7) is 12.2. The van der Waals surface area contributed by atoms with Crippen LogP contribution >= 0.6 is 0 Å². The van der Waals surface area contributed by atoms with Gasteiger partial charge in [0.15, 0.2) is 8.32 Å². The average Bonchev–Trinajstić information content (AvgIpc) is 1.99. The Morgan fingerprint density at radius 2 is 1.88 bits per heavy atom. The van der Waals surface area contributed by atoms with Gasteiger partial charge in [-0.2, -0.15) is 0 Å². The fourth-order valence-electron chi connectivity index (χ4n) is 0.896. The number of carboxylic acid groups (broad SMARTS) is 1. The minimum absolute atomic E-state index is 0.0631. The van der Waals surface area contributed by atoms with Crippen molar-refractivity contribution < 1.29 is 14.3 Å². The minimum Gasteiger partial charge on any atom is -0.465 e. The molecule has 0 saturated carbocycles. The highest BCUT2D eigenvalue weighted by Gasteiger charge is 2.39. The summed E-state index contributed by atoms with van der Waals surface area (Å²) >= 11 is 0. The topological polar surface area (TPSA) is 84.6 Å². The first kappa shape index (κ1) is 15.4. The van der Waals surface area contributed by atoms with Gasteiger partial charge in [-0.05, 0) is 25.1 Å². The maximum Gasteiger partial charge on any atom is 0.405 e. The number of nitrogens with one attached hydrogen (secondary N) is 1. The summed E-state index contributed by atoms with van der Waals surface area (Å²) in [6.07, 6.45) is -1.68. The molecule has 0 aromatic carbocycles. The van der Waals surface area contributed by atoms with Gasteiger partial charge in [0.2, 0.25) is 0 Å². The summed E-state index contributed by atoms with van der Waals surface area (Å²) in [5.41, 5.74) is 5.83. The third-order valence-corrected chi connectivity index (χ3v) is 7.55. The molecule has 2 unspecified atom stereocenters. The van der Waals surface area contributed by atoms with Crippen molar-refractivity contribution in [2.24, 2.45) is 5.73 Å². The second-order valence-corrected chi connectivity index (χ2v) is 10.3. The predicted molar refractivity (Wildman–Crippen MR) is 66.9 cm³/mol. The van der Waals surface area contributed by atoms with Crippen LogP contribution in [0, 0.1) is 0 Å². The van der Waals surface area contributed by atoms with Gasteiger partial charge in [0.25, 0.3) is 0 Å². The summed E-state index contributed by atoms with van der Waals surface area (Å²) in [6, 6.07) is -0.411. The second kappa shape index (κ2) is 5.16. The molecule has 0 fully saturated rings. The molecule has 0 rings (SSSR count). The molecular formula is C10H24N2O3Si. The third-order valence-electron chi connectivity index (χ3n) is 3.08. The van der Waals surface area contributed by atoms with E-state index >= 15 is 0 Å². The Hall–Kier alpha value is -0.593. The molecule has 0 spiro atoms. The fourth-order valence-corrected chi connectivity index (χ4v) is 2.13. The van der Waals surface area contributed by atoms with Crippen LogP contribution in [-0.4, -0.2) is 31.8 Å². The summed E-state index contributed by atoms with van der Waals surface area (Å²) in [7, 11) is -1.94. The van der Waals surface area contributed by atoms with Crippen molar-refractivity contribution in [3.8, 4) is 0 Å². The predicted octanol–water partition coefficient (Wildman–Crippen LogP) is 1.95. The Morgan fingerprint density at radius 1 is 1.44 bits per heavy atom. The van der Waals surface area contributed by atoms with Crippen LogP contribution in [0.2, 0.25) is 18.1 Å². The summed E-state index contributed by atoms with van der Waals surface area (Å²) in [5, 5.41) is 10.9. The first-order valence-corrected chi connectivity index (χ1v) is 8.31. The number of amides is 1. The maximum atomic E-state index is 10.5. The van der Waals surface area contributed by atoms with Crippen molar-refractivity contribution in [3.05, 3.63) is 0 Å². The number of carbonyl (C=O) groups is 1. The molecule has 0 saturated heterocycles. The van der Waals surface area contributed by atoms with E-state index < -0.39 is 26.7 Å². The summed E-state index contributed by atoms with van der Waals surface area (Å²) in [5.74, 6) is 0. The van der Waals surface area contributed by atoms with Crippen LogP contribution in [0.25, 0.3) is 0 Å². The molecule has 0 aliphatic carbocycles. The average molecular weight is 248 g/mol. The van der Waals surface area contributed by atoms with Gasteiger partial charge in [-0.15, -0.1) is 0 Å². The normalized spacial score (nSPS) is 16.7. The van der Waals surface area contributed by atoms with Crippen molar-refractivity contribution in [1.82, 2.24) is 5.32 Å². The van der Waals surface area contributed by atoms with Gasteiger partial charge in [-0.25, -0.2) is 4.79 Å². The Morgan fingerprint density at radius 3 is 2.19 bits per heavy atom. The van der Waals surface area contributed by atoms with Crippen LogP contribution in [0.15, 0.2) is 0 Å². The SMILES string of the molecule is CC(NC(=O)O)C(N)O[Si](C)(C)C(C)(C)C. The van der Waals surface area contributed by atoms with Gasteiger partial charge in [-0.3, -0.25) is 0 Å². The van der Waals surface area contributed by atoms with Gasteiger partial charge in [0.1, 0.15) is 6.23 Å². The lowest BCUT2D eigenvalue weighted by Gasteiger charge is -2.39. The van der Waals surface area contributed by atoms with Crippen LogP contribution in [0.5, 0.6) is 0 Å². The lowest BCUT2D eigenvalue weighted by molar-refractivity contribution is 0.137. The number of hydrogen-bond donors (Lipinski definition) is 3. The molecule has 0 aromatic heterocycles. The molecule has 0 aliphatic rings. The monoisotopic (exact) mass is 248 g/mol. The van der Waals surface area contributed by atoms with Crippen LogP contribution in [-0.2, 0) is 4.43 Å². The van der Waals surface area contributed by atoms with Crippen LogP contribution in [0.1, 0.15) is 27.7 Å². The van der Waals surface area contributed by atoms with E-state index in [-0.39, 0.29) is 5.04 Å². The Bertz CT molecular complexity index is 251. The molecule has 0 heterocycles. The molecule has 2 atom stereocenters. The molecule has 96 valence electrons. The zero-order valence-corrected chi connectivity index (χ0v) is 12.0. The molecule has 16 heavy (non-hydrogen) atoms. The van der Waals surface area contributed by atoms with Crippen molar-refractivity contribution in [3.63, 3.8) is 0 Å². The van der Waals surface area contributed by atoms with E-state index in [0.29, 0.717) is 0 Å². The Kier molecular flexibility index (Phi) is 4.97. The van der Waals surface area contributed by atoms with E-state index in [1.54, 1.807) is 6.92 Å². The van der Waals surface area contributed by atoms with E-state index in [0.717, 1.165) is 0 Å². The first-order chi connectivity index (χ1) is 6.97. The lowest BCUT2D eigenvalue weighted by atomic mass is 10.2. The molecule has 0 bridgehead atoms. The summed E-state index contributed by atoms with van der Waals surface area (Å²) < 4.78 is 5.86. The zero-order chi connectivity index (χ0) is 13.1. The van der Waals surface area contributed by atoms with Crippen molar-refractivity contribution in [2.75, 3.05) is 0 Å². The van der Waals surface area contributed by atoms with Crippen molar-refractivity contribution in [2.45, 2.75) is 58.1 Å². The molecule has 4 N–H and O–H groups in total. The van der Waals surface area contributed by atoms with E-state index in [1.165, 1.54) is 0 Å². The van der Waals surface area contributed by atoms with E-state index in [1.807, 2.05) is 0 Å².